The van der Waals surface area contributed by atoms with E-state index in [9.17, 15) is 0 Å². The maximum absolute atomic E-state index is 2.46. The Morgan fingerprint density at radius 2 is 0.738 bits per heavy atom. The molecule has 0 saturated carbocycles. The summed E-state index contributed by atoms with van der Waals surface area (Å²) in [5, 5.41) is 5.10. The van der Waals surface area contributed by atoms with Gasteiger partial charge in [-0.2, -0.15) is 0 Å². The minimum Gasteiger partial charge on any atom is -0.310 e. The third kappa shape index (κ3) is 5.27. The molecule has 2 aliphatic rings. The van der Waals surface area contributed by atoms with Gasteiger partial charge in [0.25, 0.3) is 0 Å². The minimum absolute atomic E-state index is 0.260. The van der Waals surface area contributed by atoms with E-state index in [0.717, 1.165) is 17.1 Å². The van der Waals surface area contributed by atoms with Gasteiger partial charge in [-0.1, -0.05) is 182 Å². The smallest absolute Gasteiger partial charge is 0.0468 e. The fraction of sp³-hybridized carbons (Fsp3) is 0.0667. The van der Waals surface area contributed by atoms with Gasteiger partial charge < -0.3 is 4.90 Å². The second-order valence-electron chi connectivity index (χ2n) is 17.1. The summed E-state index contributed by atoms with van der Waals surface area (Å²) in [5.74, 6) is 0. The summed E-state index contributed by atoms with van der Waals surface area (Å²) >= 11 is 0. The van der Waals surface area contributed by atoms with Crippen molar-refractivity contribution in [2.24, 2.45) is 0 Å². The fourth-order valence-corrected chi connectivity index (χ4v) is 10.9. The molecule has 61 heavy (non-hydrogen) atoms. The van der Waals surface area contributed by atoms with E-state index in [2.05, 4.69) is 243 Å². The normalized spacial score (nSPS) is 17.1. The highest BCUT2D eigenvalue weighted by molar-refractivity contribution is 6.08. The highest BCUT2D eigenvalue weighted by atomic mass is 15.1. The first kappa shape index (κ1) is 35.5. The largest absolute Gasteiger partial charge is 0.310 e. The van der Waals surface area contributed by atoms with Crippen molar-refractivity contribution in [3.05, 3.63) is 258 Å². The predicted octanol–water partition coefficient (Wildman–Crippen LogP) is 15.8. The van der Waals surface area contributed by atoms with E-state index < -0.39 is 0 Å². The van der Waals surface area contributed by atoms with E-state index in [0.29, 0.717) is 0 Å². The van der Waals surface area contributed by atoms with Gasteiger partial charge in [0, 0.05) is 27.9 Å². The number of benzene rings is 10. The summed E-state index contributed by atoms with van der Waals surface area (Å²) < 4.78 is 0. The Kier molecular flexibility index (Phi) is 7.86. The molecular weight excluding hydrogens is 735 g/mol. The van der Waals surface area contributed by atoms with Crippen LogP contribution in [0.2, 0.25) is 0 Å². The SMILES string of the molecule is CC1(c2ccccc2)c2ccccc2-c2cc(N(c3ccc(-c4ccc5c(ccc6ccccc65)c4)cc3)c3ccc4c(c3)-c3ccccc3C4(C)c3ccccc3)ccc21. The molecule has 2 atom stereocenters. The first-order valence-electron chi connectivity index (χ1n) is 21.4. The molecule has 0 aromatic heterocycles. The molecule has 0 N–H and O–H groups in total. The van der Waals surface area contributed by atoms with Gasteiger partial charge in [0.15, 0.2) is 0 Å². The molecule has 0 radical (unpaired) electrons. The first-order chi connectivity index (χ1) is 30.0. The molecule has 0 spiro atoms. The van der Waals surface area contributed by atoms with Crippen LogP contribution < -0.4 is 4.90 Å². The molecule has 10 aromatic carbocycles. The van der Waals surface area contributed by atoms with E-state index >= 15 is 0 Å². The van der Waals surface area contributed by atoms with Gasteiger partial charge in [-0.05, 0) is 145 Å². The van der Waals surface area contributed by atoms with E-state index in [-0.39, 0.29) is 10.8 Å². The maximum Gasteiger partial charge on any atom is 0.0468 e. The zero-order chi connectivity index (χ0) is 40.7. The number of rotatable bonds is 6. The van der Waals surface area contributed by atoms with Crippen molar-refractivity contribution in [2.45, 2.75) is 24.7 Å². The summed E-state index contributed by atoms with van der Waals surface area (Å²) in [6.07, 6.45) is 0. The van der Waals surface area contributed by atoms with Crippen molar-refractivity contribution in [2.75, 3.05) is 4.90 Å². The van der Waals surface area contributed by atoms with Crippen molar-refractivity contribution >= 4 is 38.6 Å². The molecule has 12 rings (SSSR count). The van der Waals surface area contributed by atoms with Gasteiger partial charge in [-0.15, -0.1) is 0 Å². The lowest BCUT2D eigenvalue weighted by Crippen LogP contribution is -2.22. The molecule has 0 heterocycles. The minimum atomic E-state index is -0.260. The number of fused-ring (bicyclic) bond motifs is 9. The van der Waals surface area contributed by atoms with Crippen LogP contribution in [-0.4, -0.2) is 0 Å². The second-order valence-corrected chi connectivity index (χ2v) is 17.1. The highest BCUT2D eigenvalue weighted by Crippen LogP contribution is 2.56. The van der Waals surface area contributed by atoms with Crippen molar-refractivity contribution in [1.82, 2.24) is 0 Å². The van der Waals surface area contributed by atoms with Crippen LogP contribution in [-0.2, 0) is 10.8 Å². The number of hydrogen-bond acceptors (Lipinski definition) is 1. The van der Waals surface area contributed by atoms with Crippen molar-refractivity contribution in [3.63, 3.8) is 0 Å². The lowest BCUT2D eigenvalue weighted by atomic mass is 9.74. The molecule has 10 aromatic rings. The number of anilines is 3. The fourth-order valence-electron chi connectivity index (χ4n) is 10.9. The van der Waals surface area contributed by atoms with Gasteiger partial charge in [-0.25, -0.2) is 0 Å². The Labute approximate surface area is 357 Å². The molecule has 1 heteroatoms. The van der Waals surface area contributed by atoms with Crippen molar-refractivity contribution < 1.29 is 0 Å². The molecule has 0 amide bonds. The predicted molar refractivity (Wildman–Crippen MR) is 256 cm³/mol. The van der Waals surface area contributed by atoms with E-state index in [1.165, 1.54) is 88.3 Å². The van der Waals surface area contributed by atoms with Crippen LogP contribution in [0.3, 0.4) is 0 Å². The Morgan fingerprint density at radius 3 is 1.33 bits per heavy atom. The van der Waals surface area contributed by atoms with Crippen LogP contribution in [0.5, 0.6) is 0 Å². The van der Waals surface area contributed by atoms with E-state index in [4.69, 9.17) is 0 Å². The molecular formula is C60H43N. The van der Waals surface area contributed by atoms with Gasteiger partial charge in [0.1, 0.15) is 0 Å². The third-order valence-corrected chi connectivity index (χ3v) is 14.0. The summed E-state index contributed by atoms with van der Waals surface area (Å²) in [6.45, 7) is 4.78. The van der Waals surface area contributed by atoms with Gasteiger partial charge in [0.05, 0.1) is 0 Å². The monoisotopic (exact) mass is 777 g/mol. The number of hydrogen-bond donors (Lipinski definition) is 0. The summed E-state index contributed by atoms with van der Waals surface area (Å²) in [4.78, 5) is 2.46. The highest BCUT2D eigenvalue weighted by Gasteiger charge is 2.42. The maximum atomic E-state index is 2.46. The topological polar surface area (TPSA) is 3.24 Å². The van der Waals surface area contributed by atoms with Gasteiger partial charge in [0.2, 0.25) is 0 Å². The lowest BCUT2D eigenvalue weighted by Gasteiger charge is -2.30. The van der Waals surface area contributed by atoms with Crippen molar-refractivity contribution in [3.8, 4) is 33.4 Å². The number of nitrogens with zero attached hydrogens (tertiary/aromatic N) is 1. The van der Waals surface area contributed by atoms with E-state index in [1.807, 2.05) is 0 Å². The molecule has 1 nitrogen and oxygen atoms in total. The zero-order valence-corrected chi connectivity index (χ0v) is 34.3. The Bertz CT molecular complexity index is 3180. The van der Waals surface area contributed by atoms with Gasteiger partial charge in [-0.3, -0.25) is 0 Å². The average Bonchev–Trinajstić information content (AvgIpc) is 3.75. The second kappa shape index (κ2) is 13.5. The summed E-state index contributed by atoms with van der Waals surface area (Å²) in [7, 11) is 0. The lowest BCUT2D eigenvalue weighted by molar-refractivity contribution is 0.714. The van der Waals surface area contributed by atoms with Crippen LogP contribution in [0.15, 0.2) is 224 Å². The average molecular weight is 778 g/mol. The quantitative estimate of drug-likeness (QED) is 0.152. The molecule has 2 unspecified atom stereocenters. The van der Waals surface area contributed by atoms with Crippen LogP contribution in [0.4, 0.5) is 17.1 Å². The standard InChI is InChI=1S/C60H43N/c1-59(44-16-5-3-6-17-44)55-23-13-11-21-51(55)53-38-47(32-35-57(53)59)61(46-30-27-40(28-31-46)42-29-34-50-43(37-42)26-25-41-15-9-10-20-49(41)50)48-33-36-58-54(39-48)52-22-12-14-24-56(52)60(58,2)45-18-7-4-8-19-45/h3-39H,1-2H3. The summed E-state index contributed by atoms with van der Waals surface area (Å²) in [6, 6.07) is 83.4. The first-order valence-corrected chi connectivity index (χ1v) is 21.4. The Hall–Kier alpha value is -7.48. The molecule has 288 valence electrons. The van der Waals surface area contributed by atoms with E-state index in [1.54, 1.807) is 0 Å². The third-order valence-electron chi connectivity index (χ3n) is 14.0. The Morgan fingerprint density at radius 1 is 0.295 bits per heavy atom. The molecule has 2 aliphatic carbocycles. The zero-order valence-electron chi connectivity index (χ0n) is 34.3. The van der Waals surface area contributed by atoms with Crippen LogP contribution in [0.25, 0.3) is 54.9 Å². The Balaban J connectivity index is 1.02. The van der Waals surface area contributed by atoms with Crippen LogP contribution >= 0.6 is 0 Å². The van der Waals surface area contributed by atoms with Gasteiger partial charge >= 0.3 is 0 Å². The summed E-state index contributed by atoms with van der Waals surface area (Å²) in [5.41, 5.74) is 18.4. The molecule has 0 saturated heterocycles. The molecule has 0 bridgehead atoms. The van der Waals surface area contributed by atoms with Crippen LogP contribution in [0.1, 0.15) is 47.2 Å². The van der Waals surface area contributed by atoms with Crippen molar-refractivity contribution in [1.29, 1.82) is 0 Å². The molecule has 0 aliphatic heterocycles. The molecule has 0 fully saturated rings. The van der Waals surface area contributed by atoms with Crippen LogP contribution in [0, 0.1) is 0 Å².